The Balaban J connectivity index is 1.89. The van der Waals surface area contributed by atoms with Gasteiger partial charge < -0.3 is 10.1 Å². The summed E-state index contributed by atoms with van der Waals surface area (Å²) in [4.78, 5) is 18.5. The number of hydrogen-bond acceptors (Lipinski definition) is 6. The molecule has 1 aliphatic heterocycles. The third kappa shape index (κ3) is 4.43. The largest absolute Gasteiger partial charge is 0.495 e. The molecule has 0 radical (unpaired) electrons. The predicted molar refractivity (Wildman–Crippen MR) is 120 cm³/mol. The van der Waals surface area contributed by atoms with Gasteiger partial charge in [-0.25, -0.2) is 8.42 Å². The predicted octanol–water partition coefficient (Wildman–Crippen LogP) is 4.16. The maximum atomic E-state index is 13.8. The summed E-state index contributed by atoms with van der Waals surface area (Å²) in [7, 11) is -2.99. The number of benzene rings is 2. The topological polar surface area (TPSA) is 88.6 Å². The van der Waals surface area contributed by atoms with Crippen LogP contribution >= 0.6 is 0 Å². The SMILES string of the molecule is COc1c(C(F)(F)F)cc2c(c1C(=O)N(CS(=O)(=O)c1ccncc1)c1ccccc1)CCN2. The number of anilines is 2. The quantitative estimate of drug-likeness (QED) is 0.557. The number of rotatable bonds is 6. The zero-order chi connectivity index (χ0) is 24.5. The molecule has 4 rings (SSSR count). The fraction of sp³-hybridized carbons (Fsp3) is 0.217. The lowest BCUT2D eigenvalue weighted by Gasteiger charge is -2.26. The molecule has 0 atom stereocenters. The highest BCUT2D eigenvalue weighted by atomic mass is 32.2. The van der Waals surface area contributed by atoms with Gasteiger partial charge >= 0.3 is 6.18 Å². The second-order valence-corrected chi connectivity index (χ2v) is 9.49. The van der Waals surface area contributed by atoms with Gasteiger partial charge in [0.05, 0.1) is 17.6 Å². The molecule has 0 aliphatic carbocycles. The molecule has 1 amide bonds. The lowest BCUT2D eigenvalue weighted by molar-refractivity contribution is -0.138. The second kappa shape index (κ2) is 8.98. The van der Waals surface area contributed by atoms with Gasteiger partial charge in [0.25, 0.3) is 5.91 Å². The van der Waals surface area contributed by atoms with Crippen molar-refractivity contribution in [1.82, 2.24) is 4.98 Å². The van der Waals surface area contributed by atoms with E-state index in [4.69, 9.17) is 4.74 Å². The van der Waals surface area contributed by atoms with Crippen LogP contribution in [-0.4, -0.2) is 38.8 Å². The number of nitrogens with one attached hydrogen (secondary N) is 1. The molecule has 2 aromatic carbocycles. The minimum Gasteiger partial charge on any atom is -0.495 e. The van der Waals surface area contributed by atoms with E-state index in [0.717, 1.165) is 18.1 Å². The average molecular weight is 491 g/mol. The first-order valence-corrected chi connectivity index (χ1v) is 11.8. The van der Waals surface area contributed by atoms with Gasteiger partial charge in [-0.1, -0.05) is 18.2 Å². The Bertz CT molecular complexity index is 1310. The van der Waals surface area contributed by atoms with Crippen LogP contribution in [0.3, 0.4) is 0 Å². The lowest BCUT2D eigenvalue weighted by Crippen LogP contribution is -2.37. The Hall–Kier alpha value is -3.60. The van der Waals surface area contributed by atoms with Crippen molar-refractivity contribution < 1.29 is 31.1 Å². The number of ether oxygens (including phenoxy) is 1. The molecule has 2 heterocycles. The smallest absolute Gasteiger partial charge is 0.420 e. The number of para-hydroxylation sites is 1. The molecule has 11 heteroatoms. The normalized spacial score (nSPS) is 13.2. The molecule has 0 bridgehead atoms. The number of aromatic nitrogens is 1. The maximum Gasteiger partial charge on any atom is 0.420 e. The highest BCUT2D eigenvalue weighted by molar-refractivity contribution is 7.91. The van der Waals surface area contributed by atoms with Crippen LogP contribution in [0.5, 0.6) is 5.75 Å². The van der Waals surface area contributed by atoms with Crippen LogP contribution in [0.25, 0.3) is 0 Å². The molecular formula is C23H20F3N3O4S. The van der Waals surface area contributed by atoms with Crippen molar-refractivity contribution in [1.29, 1.82) is 0 Å². The molecule has 1 N–H and O–H groups in total. The number of alkyl halides is 3. The number of methoxy groups -OCH3 is 1. The number of carbonyl (C=O) groups excluding carboxylic acids is 1. The fourth-order valence-electron chi connectivity index (χ4n) is 3.88. The van der Waals surface area contributed by atoms with E-state index in [-0.39, 0.29) is 28.3 Å². The van der Waals surface area contributed by atoms with E-state index >= 15 is 0 Å². The number of carbonyl (C=O) groups is 1. The third-order valence-corrected chi connectivity index (χ3v) is 7.01. The number of nitrogens with zero attached hydrogens (tertiary/aromatic N) is 2. The number of hydrogen-bond donors (Lipinski definition) is 1. The molecule has 0 saturated heterocycles. The van der Waals surface area contributed by atoms with Gasteiger partial charge in [-0.3, -0.25) is 14.7 Å². The van der Waals surface area contributed by atoms with E-state index in [1.165, 1.54) is 36.7 Å². The van der Waals surface area contributed by atoms with Gasteiger partial charge in [-0.2, -0.15) is 13.2 Å². The zero-order valence-corrected chi connectivity index (χ0v) is 18.8. The van der Waals surface area contributed by atoms with Crippen LogP contribution < -0.4 is 15.0 Å². The summed E-state index contributed by atoms with van der Waals surface area (Å²) < 4.78 is 72.8. The second-order valence-electron chi connectivity index (χ2n) is 7.53. The van der Waals surface area contributed by atoms with Crippen molar-refractivity contribution in [3.63, 3.8) is 0 Å². The first-order chi connectivity index (χ1) is 16.1. The number of sulfone groups is 1. The minimum atomic E-state index is -4.79. The summed E-state index contributed by atoms with van der Waals surface area (Å²) in [5, 5.41) is 2.86. The fourth-order valence-corrected chi connectivity index (χ4v) is 5.17. The number of fused-ring (bicyclic) bond motifs is 1. The summed E-state index contributed by atoms with van der Waals surface area (Å²) in [5.74, 6) is -2.34. The molecule has 1 aromatic heterocycles. The molecule has 0 unspecified atom stereocenters. The van der Waals surface area contributed by atoms with Crippen LogP contribution in [0.2, 0.25) is 0 Å². The lowest BCUT2D eigenvalue weighted by atomic mass is 9.98. The third-order valence-electron chi connectivity index (χ3n) is 5.42. The first kappa shape index (κ1) is 23.6. The molecule has 0 saturated carbocycles. The monoisotopic (exact) mass is 491 g/mol. The zero-order valence-electron chi connectivity index (χ0n) is 18.0. The van der Waals surface area contributed by atoms with Gasteiger partial charge in [-0.05, 0) is 42.3 Å². The van der Waals surface area contributed by atoms with E-state index < -0.39 is 39.1 Å². The van der Waals surface area contributed by atoms with Gasteiger partial charge in [0.15, 0.2) is 9.84 Å². The Labute approximate surface area is 194 Å². The molecule has 0 fully saturated rings. The van der Waals surface area contributed by atoms with Gasteiger partial charge in [-0.15, -0.1) is 0 Å². The van der Waals surface area contributed by atoms with E-state index in [2.05, 4.69) is 10.3 Å². The molecular weight excluding hydrogens is 471 g/mol. The molecule has 1 aliphatic rings. The summed E-state index contributed by atoms with van der Waals surface area (Å²) in [6.07, 6.45) is -1.91. The Kier molecular flexibility index (Phi) is 6.22. The standard InChI is InChI=1S/C23H20F3N3O4S/c1-33-21-18(23(24,25)26)13-19-17(9-12-28-19)20(21)22(30)29(15-5-3-2-4-6-15)14-34(31,32)16-7-10-27-11-8-16/h2-8,10-11,13,28H,9,12,14H2,1H3. The van der Waals surface area contributed by atoms with Crippen LogP contribution in [0.15, 0.2) is 65.8 Å². The van der Waals surface area contributed by atoms with E-state index in [1.54, 1.807) is 18.2 Å². The number of halogens is 3. The summed E-state index contributed by atoms with van der Waals surface area (Å²) in [5.41, 5.74) is -0.703. The van der Waals surface area contributed by atoms with E-state index in [0.29, 0.717) is 12.1 Å². The molecule has 3 aromatic rings. The first-order valence-electron chi connectivity index (χ1n) is 10.2. The van der Waals surface area contributed by atoms with Gasteiger partial charge in [0.2, 0.25) is 0 Å². The molecule has 34 heavy (non-hydrogen) atoms. The van der Waals surface area contributed by atoms with Crippen molar-refractivity contribution in [3.8, 4) is 5.75 Å². The highest BCUT2D eigenvalue weighted by Crippen LogP contribution is 2.44. The van der Waals surface area contributed by atoms with Crippen molar-refractivity contribution in [2.75, 3.05) is 29.7 Å². The Morgan fingerprint density at radius 3 is 2.44 bits per heavy atom. The van der Waals surface area contributed by atoms with Gasteiger partial charge in [0.1, 0.15) is 17.2 Å². The van der Waals surface area contributed by atoms with Crippen molar-refractivity contribution in [2.24, 2.45) is 0 Å². The van der Waals surface area contributed by atoms with Crippen molar-refractivity contribution in [3.05, 3.63) is 77.6 Å². The molecule has 178 valence electrons. The summed E-state index contributed by atoms with van der Waals surface area (Å²) in [6.45, 7) is 0.334. The van der Waals surface area contributed by atoms with Crippen molar-refractivity contribution in [2.45, 2.75) is 17.5 Å². The van der Waals surface area contributed by atoms with Crippen LogP contribution in [0.4, 0.5) is 24.5 Å². The summed E-state index contributed by atoms with van der Waals surface area (Å²) >= 11 is 0. The van der Waals surface area contributed by atoms with Crippen molar-refractivity contribution >= 4 is 27.1 Å². The van der Waals surface area contributed by atoms with Crippen LogP contribution in [0.1, 0.15) is 21.5 Å². The van der Waals surface area contributed by atoms with Crippen LogP contribution in [0, 0.1) is 0 Å². The Morgan fingerprint density at radius 1 is 1.15 bits per heavy atom. The molecule has 0 spiro atoms. The molecule has 7 nitrogen and oxygen atoms in total. The van der Waals surface area contributed by atoms with Crippen LogP contribution in [-0.2, 0) is 22.4 Å². The summed E-state index contributed by atoms with van der Waals surface area (Å²) in [6, 6.07) is 11.4. The number of amides is 1. The number of pyridine rings is 1. The Morgan fingerprint density at radius 2 is 1.82 bits per heavy atom. The average Bonchev–Trinajstić information content (AvgIpc) is 3.30. The highest BCUT2D eigenvalue weighted by Gasteiger charge is 2.40. The minimum absolute atomic E-state index is 0.0702. The van der Waals surface area contributed by atoms with E-state index in [1.807, 2.05) is 0 Å². The van der Waals surface area contributed by atoms with E-state index in [9.17, 15) is 26.4 Å². The maximum absolute atomic E-state index is 13.8. The van der Waals surface area contributed by atoms with Gasteiger partial charge in [0, 0.05) is 30.3 Å².